The molecule has 0 aliphatic carbocycles. The van der Waals surface area contributed by atoms with Crippen LogP contribution in [0.3, 0.4) is 0 Å². The minimum absolute atomic E-state index is 0. The summed E-state index contributed by atoms with van der Waals surface area (Å²) in [5.41, 5.74) is 0. The molecule has 0 amide bonds. The van der Waals surface area contributed by atoms with E-state index in [0.29, 0.717) is 12.3 Å². The van der Waals surface area contributed by atoms with E-state index in [2.05, 4.69) is 27.9 Å². The van der Waals surface area contributed by atoms with Crippen LogP contribution in [0.1, 0.15) is 123 Å². The molecule has 2 unspecified atom stereocenters. The Labute approximate surface area is 182 Å². The Morgan fingerprint density at radius 2 is 1.00 bits per heavy atom. The van der Waals surface area contributed by atoms with Crippen LogP contribution in [0.25, 0.3) is 0 Å². The third-order valence-electron chi connectivity index (χ3n) is 6.17. The van der Waals surface area contributed by atoms with E-state index in [-0.39, 0.29) is 17.0 Å². The second-order valence-corrected chi connectivity index (χ2v) is 9.31. The number of epoxide rings is 1. The summed E-state index contributed by atoms with van der Waals surface area (Å²) in [6, 6.07) is 0. The van der Waals surface area contributed by atoms with Gasteiger partial charge >= 0.3 is 0 Å². The average molecular weight is 449 g/mol. The van der Waals surface area contributed by atoms with E-state index in [4.69, 9.17) is 4.74 Å². The maximum Gasteiger partial charge on any atom is 0.220 e. The number of ether oxygens (including phenoxy) is 1. The minimum Gasteiger partial charge on any atom is -1.00 e. The molecule has 3 heteroatoms. The maximum atomic E-state index is 5.93. The van der Waals surface area contributed by atoms with Gasteiger partial charge < -0.3 is 26.2 Å². The van der Waals surface area contributed by atoms with Crippen LogP contribution in [0.2, 0.25) is 0 Å². The van der Waals surface area contributed by atoms with Crippen LogP contribution in [-0.2, 0) is 4.74 Å². The van der Waals surface area contributed by atoms with Crippen LogP contribution >= 0.6 is 0 Å². The summed E-state index contributed by atoms with van der Waals surface area (Å²) in [5, 5.41) is 0. The van der Waals surface area contributed by atoms with Crippen molar-refractivity contribution < 1.29 is 26.2 Å². The van der Waals surface area contributed by atoms with Gasteiger partial charge in [-0.3, -0.25) is 0 Å². The summed E-state index contributed by atoms with van der Waals surface area (Å²) in [5.74, 6) is 0. The largest absolute Gasteiger partial charge is 1.00 e. The Kier molecular flexibility index (Phi) is 17.5. The van der Waals surface area contributed by atoms with Crippen LogP contribution in [-0.4, -0.2) is 37.5 Å². The van der Waals surface area contributed by atoms with Gasteiger partial charge in [-0.15, -0.1) is 0 Å². The van der Waals surface area contributed by atoms with Crippen molar-refractivity contribution in [1.82, 2.24) is 0 Å². The number of nitrogens with zero attached hydrogens (tertiary/aromatic N) is 1. The first-order chi connectivity index (χ1) is 12.6. The topological polar surface area (TPSA) is 12.5 Å². The first-order valence-corrected chi connectivity index (χ1v) is 12.1. The lowest BCUT2D eigenvalue weighted by molar-refractivity contribution is -0.911. The van der Waals surface area contributed by atoms with Crippen LogP contribution in [0.4, 0.5) is 0 Å². The van der Waals surface area contributed by atoms with Crippen molar-refractivity contribution in [2.24, 2.45) is 0 Å². The Balaban J connectivity index is 0.00000676. The molecule has 0 bridgehead atoms. The lowest BCUT2D eigenvalue weighted by atomic mass is 10.0. The van der Waals surface area contributed by atoms with E-state index in [1.165, 1.54) is 116 Å². The number of likely N-dealkylation sites (N-methyl/N-ethyl adjacent to an activating group) is 1. The maximum absolute atomic E-state index is 5.93. The Morgan fingerprint density at radius 1 is 0.593 bits per heavy atom. The second-order valence-electron chi connectivity index (χ2n) is 9.31. The molecule has 0 aromatic rings. The summed E-state index contributed by atoms with van der Waals surface area (Å²) in [6.45, 7) is 5.85. The van der Waals surface area contributed by atoms with Gasteiger partial charge in [0.2, 0.25) is 6.23 Å². The van der Waals surface area contributed by atoms with E-state index in [9.17, 15) is 0 Å². The molecule has 1 fully saturated rings. The predicted molar refractivity (Wildman–Crippen MR) is 115 cm³/mol. The average Bonchev–Trinajstić information content (AvgIpc) is 3.41. The molecule has 0 aromatic heterocycles. The zero-order valence-electron chi connectivity index (χ0n) is 19.1. The van der Waals surface area contributed by atoms with E-state index in [0.717, 1.165) is 4.48 Å². The first-order valence-electron chi connectivity index (χ1n) is 12.1. The van der Waals surface area contributed by atoms with Gasteiger partial charge in [0.05, 0.1) is 20.6 Å². The predicted octanol–water partition coefficient (Wildman–Crippen LogP) is 4.46. The highest BCUT2D eigenvalue weighted by atomic mass is 79.9. The van der Waals surface area contributed by atoms with Gasteiger partial charge in [-0.05, 0) is 19.3 Å². The molecule has 1 saturated heterocycles. The molecule has 2 nitrogen and oxygen atoms in total. The summed E-state index contributed by atoms with van der Waals surface area (Å²) < 4.78 is 7.00. The van der Waals surface area contributed by atoms with Crippen molar-refractivity contribution in [3.05, 3.63) is 0 Å². The fraction of sp³-hybridized carbons (Fsp3) is 1.00. The van der Waals surface area contributed by atoms with Crippen LogP contribution in [0, 0.1) is 0 Å². The van der Waals surface area contributed by atoms with Gasteiger partial charge in [0.15, 0.2) is 0 Å². The minimum atomic E-state index is 0. The van der Waals surface area contributed by atoms with E-state index in [1.54, 1.807) is 0 Å². The standard InChI is InChI=1S/C24H50NO.BrH/c1-5-7-9-10-11-12-13-14-15-16-17-18-19-20-22-25(3,4)24-23(26-24)21-8-6-2;/h23-24H,5-22H2,1-4H3;1H/q+1;/p-1. The molecular formula is C24H50BrNO. The Hall–Kier alpha value is 0.400. The van der Waals surface area contributed by atoms with Crippen molar-refractivity contribution in [2.45, 2.75) is 135 Å². The van der Waals surface area contributed by atoms with Crippen molar-refractivity contribution in [2.75, 3.05) is 20.6 Å². The highest BCUT2D eigenvalue weighted by molar-refractivity contribution is 4.77. The molecule has 27 heavy (non-hydrogen) atoms. The van der Waals surface area contributed by atoms with Crippen LogP contribution < -0.4 is 17.0 Å². The molecule has 0 N–H and O–H groups in total. The lowest BCUT2D eigenvalue weighted by Crippen LogP contribution is -3.00. The molecule has 164 valence electrons. The number of hydrogen-bond acceptors (Lipinski definition) is 1. The zero-order chi connectivity index (χ0) is 19.1. The third-order valence-corrected chi connectivity index (χ3v) is 6.17. The van der Waals surface area contributed by atoms with E-state index < -0.39 is 0 Å². The van der Waals surface area contributed by atoms with Crippen LogP contribution in [0.5, 0.6) is 0 Å². The van der Waals surface area contributed by atoms with Crippen molar-refractivity contribution in [1.29, 1.82) is 0 Å². The van der Waals surface area contributed by atoms with E-state index >= 15 is 0 Å². The SMILES string of the molecule is CCCCCCCCCCCCCCCC[N+](C)(C)C1OC1CCCC.[Br-]. The first kappa shape index (κ1) is 27.4. The molecule has 1 heterocycles. The van der Waals surface area contributed by atoms with Crippen molar-refractivity contribution in [3.8, 4) is 0 Å². The second kappa shape index (κ2) is 17.3. The van der Waals surface area contributed by atoms with E-state index in [1.807, 2.05) is 0 Å². The van der Waals surface area contributed by atoms with Gasteiger partial charge in [0.1, 0.15) is 6.10 Å². The van der Waals surface area contributed by atoms with Gasteiger partial charge in [-0.25, -0.2) is 0 Å². The third kappa shape index (κ3) is 14.1. The lowest BCUT2D eigenvalue weighted by Gasteiger charge is -2.28. The van der Waals surface area contributed by atoms with Gasteiger partial charge in [-0.2, -0.15) is 0 Å². The van der Waals surface area contributed by atoms with Crippen molar-refractivity contribution >= 4 is 0 Å². The number of unbranched alkanes of at least 4 members (excludes halogenated alkanes) is 14. The van der Waals surface area contributed by atoms with Gasteiger partial charge in [0.25, 0.3) is 0 Å². The smallest absolute Gasteiger partial charge is 0.220 e. The summed E-state index contributed by atoms with van der Waals surface area (Å²) in [7, 11) is 4.72. The van der Waals surface area contributed by atoms with Gasteiger partial charge in [0, 0.05) is 0 Å². The Bertz CT molecular complexity index is 322. The molecular weight excluding hydrogens is 398 g/mol. The molecule has 1 aliphatic heterocycles. The molecule has 1 aliphatic rings. The number of halogens is 1. The quantitative estimate of drug-likeness (QED) is 0.161. The summed E-state index contributed by atoms with van der Waals surface area (Å²) in [4.78, 5) is 0. The normalized spacial score (nSPS) is 19.1. The monoisotopic (exact) mass is 447 g/mol. The molecule has 2 atom stereocenters. The summed E-state index contributed by atoms with van der Waals surface area (Å²) >= 11 is 0. The fourth-order valence-corrected chi connectivity index (χ4v) is 4.21. The highest BCUT2D eigenvalue weighted by Gasteiger charge is 2.50. The van der Waals surface area contributed by atoms with Crippen LogP contribution in [0.15, 0.2) is 0 Å². The zero-order valence-corrected chi connectivity index (χ0v) is 20.7. The molecule has 1 rings (SSSR count). The van der Waals surface area contributed by atoms with Gasteiger partial charge in [-0.1, -0.05) is 104 Å². The molecule has 0 spiro atoms. The Morgan fingerprint density at radius 3 is 1.44 bits per heavy atom. The molecule has 0 radical (unpaired) electrons. The number of hydrogen-bond donors (Lipinski definition) is 0. The number of quaternary nitrogens is 1. The number of rotatable bonds is 19. The fourth-order valence-electron chi connectivity index (χ4n) is 4.21. The molecule has 0 aromatic carbocycles. The highest BCUT2D eigenvalue weighted by Crippen LogP contribution is 2.33. The van der Waals surface area contributed by atoms with Crippen molar-refractivity contribution in [3.63, 3.8) is 0 Å². The summed E-state index contributed by atoms with van der Waals surface area (Å²) in [6.07, 6.45) is 25.1. The molecule has 0 saturated carbocycles.